The van der Waals surface area contributed by atoms with E-state index in [0.717, 1.165) is 17.3 Å². The van der Waals surface area contributed by atoms with Gasteiger partial charge in [-0.25, -0.2) is 0 Å². The summed E-state index contributed by atoms with van der Waals surface area (Å²) in [4.78, 5) is 36.9. The van der Waals surface area contributed by atoms with Crippen LogP contribution in [0.2, 0.25) is 0 Å². The lowest BCUT2D eigenvalue weighted by atomic mass is 10.0. The summed E-state index contributed by atoms with van der Waals surface area (Å²) in [5, 5.41) is 3.02. The number of hydrogen-bond acceptors (Lipinski definition) is 3. The molecule has 1 aliphatic heterocycles. The van der Waals surface area contributed by atoms with Crippen molar-refractivity contribution >= 4 is 33.5 Å². The summed E-state index contributed by atoms with van der Waals surface area (Å²) in [6.07, 6.45) is 2.07. The Morgan fingerprint density at radius 2 is 1.91 bits per heavy atom. The molecule has 0 saturated carbocycles. The fraction of sp³-hybridized carbons (Fsp3) is 0.471. The van der Waals surface area contributed by atoms with Crippen molar-refractivity contribution in [2.24, 2.45) is 0 Å². The Balaban J connectivity index is 1.79. The number of ketones is 1. The average Bonchev–Trinajstić information content (AvgIpc) is 2.53. The molecule has 2 rings (SSSR count). The number of halogens is 1. The lowest BCUT2D eigenvalue weighted by molar-refractivity contribution is -0.133. The van der Waals surface area contributed by atoms with Gasteiger partial charge < -0.3 is 15.0 Å². The van der Waals surface area contributed by atoms with Crippen LogP contribution < -0.4 is 5.32 Å². The van der Waals surface area contributed by atoms with E-state index in [1.54, 1.807) is 17.0 Å². The standard InChI is InChI=1S/C17H21BrN2O3/c1-12(21)5-6-16(22)20-9-7-15(8-10-20)19-17(23)13-3-2-4-14(18)11-13/h2-4,11,15H,5-10H2,1H3,(H,19,23). The van der Waals surface area contributed by atoms with Crippen LogP contribution in [0.1, 0.15) is 43.0 Å². The number of nitrogens with one attached hydrogen (secondary N) is 1. The lowest BCUT2D eigenvalue weighted by Crippen LogP contribution is -2.46. The molecule has 1 fully saturated rings. The van der Waals surface area contributed by atoms with Crippen LogP contribution in [0.4, 0.5) is 0 Å². The first-order chi connectivity index (χ1) is 11.0. The first kappa shape index (κ1) is 17.7. The molecule has 1 saturated heterocycles. The normalized spacial score (nSPS) is 15.3. The monoisotopic (exact) mass is 380 g/mol. The zero-order chi connectivity index (χ0) is 16.8. The number of piperidine rings is 1. The Morgan fingerprint density at radius 1 is 1.22 bits per heavy atom. The molecule has 1 aliphatic rings. The second-order valence-electron chi connectivity index (χ2n) is 5.84. The molecule has 23 heavy (non-hydrogen) atoms. The summed E-state index contributed by atoms with van der Waals surface area (Å²) in [5.41, 5.74) is 0.624. The largest absolute Gasteiger partial charge is 0.349 e. The van der Waals surface area contributed by atoms with Gasteiger partial charge in [-0.05, 0) is 38.0 Å². The minimum absolute atomic E-state index is 0.0250. The maximum Gasteiger partial charge on any atom is 0.251 e. The van der Waals surface area contributed by atoms with Gasteiger partial charge in [-0.2, -0.15) is 0 Å². The molecule has 1 aromatic carbocycles. The highest BCUT2D eigenvalue weighted by Gasteiger charge is 2.24. The highest BCUT2D eigenvalue weighted by Crippen LogP contribution is 2.15. The number of rotatable bonds is 5. The van der Waals surface area contributed by atoms with Crippen LogP contribution in [0.5, 0.6) is 0 Å². The summed E-state index contributed by atoms with van der Waals surface area (Å²) < 4.78 is 0.871. The van der Waals surface area contributed by atoms with Gasteiger partial charge in [0.05, 0.1) is 0 Å². The molecule has 0 unspecified atom stereocenters. The maximum absolute atomic E-state index is 12.2. The van der Waals surface area contributed by atoms with E-state index < -0.39 is 0 Å². The SMILES string of the molecule is CC(=O)CCC(=O)N1CCC(NC(=O)c2cccc(Br)c2)CC1. The molecule has 0 radical (unpaired) electrons. The topological polar surface area (TPSA) is 66.5 Å². The van der Waals surface area contributed by atoms with E-state index in [1.165, 1.54) is 6.92 Å². The van der Waals surface area contributed by atoms with Crippen molar-refractivity contribution in [1.29, 1.82) is 0 Å². The highest BCUT2D eigenvalue weighted by atomic mass is 79.9. The van der Waals surface area contributed by atoms with Crippen LogP contribution in [-0.4, -0.2) is 41.6 Å². The number of nitrogens with zero attached hydrogens (tertiary/aromatic N) is 1. The van der Waals surface area contributed by atoms with Gasteiger partial charge in [-0.1, -0.05) is 22.0 Å². The predicted molar refractivity (Wildman–Crippen MR) is 91.1 cm³/mol. The molecular formula is C17H21BrN2O3. The highest BCUT2D eigenvalue weighted by molar-refractivity contribution is 9.10. The molecule has 1 heterocycles. The summed E-state index contributed by atoms with van der Waals surface area (Å²) >= 11 is 3.36. The van der Waals surface area contributed by atoms with Gasteiger partial charge in [0.1, 0.15) is 5.78 Å². The predicted octanol–water partition coefficient (Wildman–Crippen LogP) is 2.54. The Morgan fingerprint density at radius 3 is 2.52 bits per heavy atom. The second-order valence-corrected chi connectivity index (χ2v) is 6.76. The van der Waals surface area contributed by atoms with E-state index >= 15 is 0 Å². The zero-order valence-electron chi connectivity index (χ0n) is 13.2. The summed E-state index contributed by atoms with van der Waals surface area (Å²) in [6.45, 7) is 2.75. The number of Topliss-reactive ketones (excluding diaryl/α,β-unsaturated/α-hetero) is 1. The number of carbonyl (C=O) groups is 3. The molecule has 0 spiro atoms. The fourth-order valence-electron chi connectivity index (χ4n) is 2.61. The minimum atomic E-state index is -0.0901. The third kappa shape index (κ3) is 5.46. The third-order valence-electron chi connectivity index (χ3n) is 3.96. The second kappa shape index (κ2) is 8.24. The molecule has 6 heteroatoms. The van der Waals surface area contributed by atoms with Crippen LogP contribution in [0.15, 0.2) is 28.7 Å². The van der Waals surface area contributed by atoms with E-state index in [4.69, 9.17) is 0 Å². The molecule has 5 nitrogen and oxygen atoms in total. The molecule has 0 atom stereocenters. The Bertz CT molecular complexity index is 595. The third-order valence-corrected chi connectivity index (χ3v) is 4.45. The van der Waals surface area contributed by atoms with Crippen molar-refractivity contribution in [3.8, 4) is 0 Å². The molecular weight excluding hydrogens is 360 g/mol. The average molecular weight is 381 g/mol. The molecule has 1 aromatic rings. The van der Waals surface area contributed by atoms with Gasteiger partial charge in [-0.3, -0.25) is 9.59 Å². The fourth-order valence-corrected chi connectivity index (χ4v) is 3.01. The van der Waals surface area contributed by atoms with E-state index in [0.29, 0.717) is 25.1 Å². The molecule has 0 bridgehead atoms. The Hall–Kier alpha value is -1.69. The van der Waals surface area contributed by atoms with E-state index in [1.807, 2.05) is 12.1 Å². The van der Waals surface area contributed by atoms with Crippen LogP contribution in [-0.2, 0) is 9.59 Å². The molecule has 0 aliphatic carbocycles. The number of likely N-dealkylation sites (tertiary alicyclic amines) is 1. The van der Waals surface area contributed by atoms with Gasteiger partial charge in [0, 0.05) is 42.0 Å². The Labute approximate surface area is 144 Å². The van der Waals surface area contributed by atoms with Crippen molar-refractivity contribution in [3.63, 3.8) is 0 Å². The Kier molecular flexibility index (Phi) is 6.33. The number of amides is 2. The maximum atomic E-state index is 12.2. The van der Waals surface area contributed by atoms with E-state index in [9.17, 15) is 14.4 Å². The van der Waals surface area contributed by atoms with Gasteiger partial charge in [0.2, 0.25) is 5.91 Å². The number of hydrogen-bond donors (Lipinski definition) is 1. The minimum Gasteiger partial charge on any atom is -0.349 e. The van der Waals surface area contributed by atoms with Gasteiger partial charge in [0.15, 0.2) is 0 Å². The molecule has 1 N–H and O–H groups in total. The van der Waals surface area contributed by atoms with Gasteiger partial charge in [-0.15, -0.1) is 0 Å². The summed E-state index contributed by atoms with van der Waals surface area (Å²) in [6, 6.07) is 7.35. The first-order valence-electron chi connectivity index (χ1n) is 7.79. The van der Waals surface area contributed by atoms with Crippen molar-refractivity contribution in [3.05, 3.63) is 34.3 Å². The zero-order valence-corrected chi connectivity index (χ0v) is 14.8. The molecule has 124 valence electrons. The lowest BCUT2D eigenvalue weighted by Gasteiger charge is -2.32. The van der Waals surface area contributed by atoms with Crippen LogP contribution in [0.3, 0.4) is 0 Å². The number of benzene rings is 1. The van der Waals surface area contributed by atoms with Gasteiger partial charge in [0.25, 0.3) is 5.91 Å². The molecule has 0 aromatic heterocycles. The first-order valence-corrected chi connectivity index (χ1v) is 8.58. The quantitative estimate of drug-likeness (QED) is 0.853. The smallest absolute Gasteiger partial charge is 0.251 e. The summed E-state index contributed by atoms with van der Waals surface area (Å²) in [7, 11) is 0. The van der Waals surface area contributed by atoms with Gasteiger partial charge >= 0.3 is 0 Å². The van der Waals surface area contributed by atoms with E-state index in [-0.39, 0.29) is 30.1 Å². The van der Waals surface area contributed by atoms with Crippen molar-refractivity contribution in [2.75, 3.05) is 13.1 Å². The van der Waals surface area contributed by atoms with Crippen molar-refractivity contribution in [2.45, 2.75) is 38.6 Å². The number of carbonyl (C=O) groups excluding carboxylic acids is 3. The summed E-state index contributed by atoms with van der Waals surface area (Å²) in [5.74, 6) is -0.0286. The van der Waals surface area contributed by atoms with Crippen molar-refractivity contribution in [1.82, 2.24) is 10.2 Å². The van der Waals surface area contributed by atoms with Crippen LogP contribution >= 0.6 is 15.9 Å². The van der Waals surface area contributed by atoms with Crippen molar-refractivity contribution < 1.29 is 14.4 Å². The van der Waals surface area contributed by atoms with Crippen LogP contribution in [0.25, 0.3) is 0 Å². The van der Waals surface area contributed by atoms with Crippen LogP contribution in [0, 0.1) is 0 Å². The van der Waals surface area contributed by atoms with E-state index in [2.05, 4.69) is 21.2 Å². The molecule has 2 amide bonds.